The molecule has 0 saturated carbocycles. The van der Waals surface area contributed by atoms with E-state index in [1.165, 1.54) is 11.8 Å². The summed E-state index contributed by atoms with van der Waals surface area (Å²) in [5, 5.41) is 7.29. The molecule has 8 nitrogen and oxygen atoms in total. The van der Waals surface area contributed by atoms with Gasteiger partial charge in [0.05, 0.1) is 6.20 Å². The molecule has 1 aliphatic rings. The first-order valence-electron chi connectivity index (χ1n) is 8.23. The van der Waals surface area contributed by atoms with E-state index in [4.69, 9.17) is 0 Å². The van der Waals surface area contributed by atoms with Crippen molar-refractivity contribution in [2.45, 2.75) is 11.9 Å². The maximum absolute atomic E-state index is 12.8. The van der Waals surface area contributed by atoms with E-state index in [1.54, 1.807) is 40.2 Å². The van der Waals surface area contributed by atoms with Crippen LogP contribution < -0.4 is 5.32 Å². The lowest BCUT2D eigenvalue weighted by Gasteiger charge is -2.23. The monoisotopic (exact) mass is 446 g/mol. The van der Waals surface area contributed by atoms with Crippen LogP contribution in [0, 0.1) is 0 Å². The van der Waals surface area contributed by atoms with E-state index in [-0.39, 0.29) is 18.4 Å². The van der Waals surface area contributed by atoms with Crippen molar-refractivity contribution < 1.29 is 9.59 Å². The van der Waals surface area contributed by atoms with Crippen molar-refractivity contribution in [3.05, 3.63) is 47.3 Å². The van der Waals surface area contributed by atoms with E-state index >= 15 is 0 Å². The molecule has 1 fully saturated rings. The number of fused-ring (bicyclic) bond motifs is 1. The molecule has 0 bridgehead atoms. The molecular weight excluding hydrogens is 432 g/mol. The second-order valence-electron chi connectivity index (χ2n) is 5.86. The predicted molar refractivity (Wildman–Crippen MR) is 106 cm³/mol. The summed E-state index contributed by atoms with van der Waals surface area (Å²) in [6, 6.07) is 8.98. The molecule has 3 aromatic heterocycles. The van der Waals surface area contributed by atoms with Crippen molar-refractivity contribution in [2.24, 2.45) is 0 Å². The Morgan fingerprint density at radius 3 is 3.04 bits per heavy atom. The number of nitrogens with one attached hydrogen (secondary N) is 1. The van der Waals surface area contributed by atoms with Crippen molar-refractivity contribution >= 4 is 56.4 Å². The van der Waals surface area contributed by atoms with Crippen LogP contribution in [0.15, 0.2) is 47.3 Å². The first-order valence-corrected chi connectivity index (χ1v) is 10.1. The number of aromatic nitrogens is 4. The lowest BCUT2D eigenvalue weighted by Crippen LogP contribution is -2.43. The van der Waals surface area contributed by atoms with Crippen LogP contribution in [0.3, 0.4) is 0 Å². The molecule has 0 aromatic carbocycles. The number of pyridine rings is 2. The summed E-state index contributed by atoms with van der Waals surface area (Å²) in [5.74, 6) is 0.711. The molecule has 0 aliphatic carbocycles. The quantitative estimate of drug-likeness (QED) is 0.616. The Labute approximate surface area is 167 Å². The van der Waals surface area contributed by atoms with E-state index in [1.807, 2.05) is 12.1 Å². The highest BCUT2D eigenvalue weighted by molar-refractivity contribution is 9.10. The Hall–Kier alpha value is -2.46. The molecule has 1 aliphatic heterocycles. The van der Waals surface area contributed by atoms with Crippen LogP contribution in [0.1, 0.15) is 0 Å². The third-order valence-electron chi connectivity index (χ3n) is 4.08. The zero-order chi connectivity index (χ0) is 18.8. The summed E-state index contributed by atoms with van der Waals surface area (Å²) in [6.07, 6.45) is 3.34. The number of carbonyl (C=O) groups is 2. The summed E-state index contributed by atoms with van der Waals surface area (Å²) in [7, 11) is 0. The zero-order valence-electron chi connectivity index (χ0n) is 14.1. The van der Waals surface area contributed by atoms with Crippen LogP contribution in [0.25, 0.3) is 11.0 Å². The smallest absolute Gasteiger partial charge is 0.258 e. The van der Waals surface area contributed by atoms with Gasteiger partial charge in [0.2, 0.25) is 5.91 Å². The number of carbonyl (C=O) groups excluding carboxylic acids is 2. The van der Waals surface area contributed by atoms with Crippen LogP contribution in [-0.4, -0.2) is 54.1 Å². The van der Waals surface area contributed by atoms with Crippen LogP contribution >= 0.6 is 27.7 Å². The fourth-order valence-corrected chi connectivity index (χ4v) is 4.34. The molecule has 0 spiro atoms. The van der Waals surface area contributed by atoms with Gasteiger partial charge in [0.15, 0.2) is 11.0 Å². The van der Waals surface area contributed by atoms with Gasteiger partial charge in [0, 0.05) is 23.9 Å². The summed E-state index contributed by atoms with van der Waals surface area (Å²) in [6.45, 7) is 0.556. The van der Waals surface area contributed by atoms with Gasteiger partial charge in [-0.25, -0.2) is 14.6 Å². The van der Waals surface area contributed by atoms with Gasteiger partial charge in [-0.2, -0.15) is 5.10 Å². The highest BCUT2D eigenvalue weighted by atomic mass is 79.9. The molecule has 27 heavy (non-hydrogen) atoms. The van der Waals surface area contributed by atoms with Crippen LogP contribution in [0.5, 0.6) is 0 Å². The van der Waals surface area contributed by atoms with Crippen LogP contribution in [0.2, 0.25) is 0 Å². The molecule has 1 N–H and O–H groups in total. The molecule has 10 heteroatoms. The fourth-order valence-electron chi connectivity index (χ4n) is 2.86. The van der Waals surface area contributed by atoms with Gasteiger partial charge in [0.1, 0.15) is 17.0 Å². The van der Waals surface area contributed by atoms with Crippen LogP contribution in [0.4, 0.5) is 5.82 Å². The average Bonchev–Trinajstić information content (AvgIpc) is 3.29. The van der Waals surface area contributed by atoms with E-state index < -0.39 is 5.37 Å². The minimum atomic E-state index is -0.590. The molecule has 0 radical (unpaired) electrons. The first-order chi connectivity index (χ1) is 13.1. The van der Waals surface area contributed by atoms with Crippen molar-refractivity contribution in [3.8, 4) is 0 Å². The summed E-state index contributed by atoms with van der Waals surface area (Å²) < 4.78 is 2.19. The zero-order valence-corrected chi connectivity index (χ0v) is 16.5. The van der Waals surface area contributed by atoms with Gasteiger partial charge in [0.25, 0.3) is 5.91 Å². The third-order valence-corrected chi connectivity index (χ3v) is 5.73. The van der Waals surface area contributed by atoms with E-state index in [0.29, 0.717) is 28.4 Å². The van der Waals surface area contributed by atoms with Gasteiger partial charge in [-0.1, -0.05) is 6.07 Å². The lowest BCUT2D eigenvalue weighted by atomic mass is 10.3. The standard InChI is InChI=1S/C17H15BrN6O2S/c18-12-4-1-5-13(21-12)22-16(26)17-23(7-8-27-17)14(25)10-24-15-11(9-20-24)3-2-6-19-15/h1-6,9,17H,7-8,10H2,(H,21,22,26)/t17-/m0/s1. The third kappa shape index (κ3) is 3.81. The maximum Gasteiger partial charge on any atom is 0.258 e. The number of anilines is 1. The molecule has 138 valence electrons. The lowest BCUT2D eigenvalue weighted by molar-refractivity contribution is -0.135. The minimum Gasteiger partial charge on any atom is -0.319 e. The molecule has 4 heterocycles. The number of thioether (sulfide) groups is 1. The molecule has 3 aromatic rings. The number of halogens is 1. The molecule has 1 saturated heterocycles. The normalized spacial score (nSPS) is 16.6. The fraction of sp³-hybridized carbons (Fsp3) is 0.235. The highest BCUT2D eigenvalue weighted by Crippen LogP contribution is 2.25. The topological polar surface area (TPSA) is 93.0 Å². The van der Waals surface area contributed by atoms with Crippen molar-refractivity contribution in [1.82, 2.24) is 24.6 Å². The van der Waals surface area contributed by atoms with Gasteiger partial charge in [-0.05, 0) is 40.2 Å². The number of hydrogen-bond acceptors (Lipinski definition) is 6. The molecule has 1 atom stereocenters. The number of amides is 2. The van der Waals surface area contributed by atoms with E-state index in [2.05, 4.69) is 36.3 Å². The van der Waals surface area contributed by atoms with Crippen molar-refractivity contribution in [3.63, 3.8) is 0 Å². The SMILES string of the molecule is O=C(Nc1cccc(Br)n1)[C@@H]1SCCN1C(=O)Cn1ncc2cccnc21. The van der Waals surface area contributed by atoms with Gasteiger partial charge >= 0.3 is 0 Å². The summed E-state index contributed by atoms with van der Waals surface area (Å²) >= 11 is 4.71. The van der Waals surface area contributed by atoms with Crippen LogP contribution in [-0.2, 0) is 16.1 Å². The molecule has 4 rings (SSSR count). The maximum atomic E-state index is 12.8. The largest absolute Gasteiger partial charge is 0.319 e. The Morgan fingerprint density at radius 2 is 2.19 bits per heavy atom. The number of rotatable bonds is 4. The van der Waals surface area contributed by atoms with Gasteiger partial charge in [-0.15, -0.1) is 11.8 Å². The summed E-state index contributed by atoms with van der Waals surface area (Å²) in [4.78, 5) is 35.5. The van der Waals surface area contributed by atoms with E-state index in [0.717, 1.165) is 5.39 Å². The first kappa shape index (κ1) is 17.9. The molecule has 2 amide bonds. The Morgan fingerprint density at radius 1 is 1.30 bits per heavy atom. The highest BCUT2D eigenvalue weighted by Gasteiger charge is 2.35. The molecule has 0 unspecified atom stereocenters. The predicted octanol–water partition coefficient (Wildman–Crippen LogP) is 2.13. The number of hydrogen-bond donors (Lipinski definition) is 1. The Bertz CT molecular complexity index is 1010. The Kier molecular flexibility index (Phi) is 5.08. The van der Waals surface area contributed by atoms with Crippen molar-refractivity contribution in [2.75, 3.05) is 17.6 Å². The minimum absolute atomic E-state index is 0.0417. The van der Waals surface area contributed by atoms with Crippen molar-refractivity contribution in [1.29, 1.82) is 0 Å². The second-order valence-corrected chi connectivity index (χ2v) is 7.86. The molecular formula is C17H15BrN6O2S. The average molecular weight is 447 g/mol. The van der Waals surface area contributed by atoms with E-state index in [9.17, 15) is 9.59 Å². The summed E-state index contributed by atoms with van der Waals surface area (Å²) in [5.41, 5.74) is 0.650. The van der Waals surface area contributed by atoms with Gasteiger partial charge in [-0.3, -0.25) is 9.59 Å². The number of nitrogens with zero attached hydrogens (tertiary/aromatic N) is 5. The second kappa shape index (κ2) is 7.65. The van der Waals surface area contributed by atoms with Gasteiger partial charge < -0.3 is 10.2 Å². The Balaban J connectivity index is 1.47.